The maximum Gasteiger partial charge on any atom is 0.0964 e. The summed E-state index contributed by atoms with van der Waals surface area (Å²) in [7, 11) is 2.24. The number of quaternary nitrogens is 1. The molecule has 0 unspecified atom stereocenters. The van der Waals surface area contributed by atoms with Crippen LogP contribution in [0.4, 0.5) is 0 Å². The fourth-order valence-corrected chi connectivity index (χ4v) is 1.87. The maximum absolute atomic E-state index is 4.54. The number of hydrogen-bond acceptors (Lipinski definition) is 2. The molecule has 3 heteroatoms. The van der Waals surface area contributed by atoms with E-state index in [-0.39, 0.29) is 0 Å². The Kier molecular flexibility index (Phi) is 3.57. The molecule has 1 aliphatic rings. The fourth-order valence-electron chi connectivity index (χ4n) is 1.87. The standard InChI is InChI=1S/C13H19N3/c1-12-5-3-4-6-13(12)11-14-16-9-7-15(2)8-10-16/h3-6,11H,7-10H2,1-2H3/p+1/b14-11-. The lowest BCUT2D eigenvalue weighted by Crippen LogP contribution is -3.11. The largest absolute Gasteiger partial charge is 0.334 e. The number of nitrogens with zero attached hydrogens (tertiary/aromatic N) is 2. The summed E-state index contributed by atoms with van der Waals surface area (Å²) < 4.78 is 0. The average Bonchev–Trinajstić information content (AvgIpc) is 2.30. The van der Waals surface area contributed by atoms with Crippen LogP contribution in [0.2, 0.25) is 0 Å². The van der Waals surface area contributed by atoms with Gasteiger partial charge in [-0.15, -0.1) is 0 Å². The van der Waals surface area contributed by atoms with Crippen molar-refractivity contribution in [1.82, 2.24) is 5.01 Å². The summed E-state index contributed by atoms with van der Waals surface area (Å²) in [5, 5.41) is 6.71. The zero-order valence-electron chi connectivity index (χ0n) is 10.1. The molecule has 2 rings (SSSR count). The van der Waals surface area contributed by atoms with Crippen molar-refractivity contribution in [3.8, 4) is 0 Å². The minimum atomic E-state index is 1.06. The van der Waals surface area contributed by atoms with Gasteiger partial charge in [0.2, 0.25) is 0 Å². The molecule has 0 atom stereocenters. The van der Waals surface area contributed by atoms with Crippen molar-refractivity contribution in [2.24, 2.45) is 5.10 Å². The molecule has 0 aromatic heterocycles. The number of likely N-dealkylation sites (N-methyl/N-ethyl adjacent to an activating group) is 1. The third-order valence-electron chi connectivity index (χ3n) is 3.14. The maximum atomic E-state index is 4.54. The van der Waals surface area contributed by atoms with E-state index in [1.54, 1.807) is 4.90 Å². The van der Waals surface area contributed by atoms with E-state index in [9.17, 15) is 0 Å². The normalized spacial score (nSPS) is 18.2. The molecule has 1 aromatic rings. The van der Waals surface area contributed by atoms with E-state index >= 15 is 0 Å². The van der Waals surface area contributed by atoms with Gasteiger partial charge in [0, 0.05) is 0 Å². The van der Waals surface area contributed by atoms with Crippen LogP contribution in [0, 0.1) is 6.92 Å². The van der Waals surface area contributed by atoms with Crippen molar-refractivity contribution in [2.45, 2.75) is 6.92 Å². The number of nitrogens with one attached hydrogen (secondary N) is 1. The molecule has 0 aliphatic carbocycles. The smallest absolute Gasteiger partial charge is 0.0964 e. The van der Waals surface area contributed by atoms with Crippen LogP contribution < -0.4 is 4.90 Å². The first kappa shape index (κ1) is 11.1. The second-order valence-electron chi connectivity index (χ2n) is 4.51. The molecule has 1 N–H and O–H groups in total. The van der Waals surface area contributed by atoms with Crippen LogP contribution in [-0.2, 0) is 0 Å². The average molecular weight is 218 g/mol. The Morgan fingerprint density at radius 3 is 2.62 bits per heavy atom. The highest BCUT2D eigenvalue weighted by Gasteiger charge is 2.13. The van der Waals surface area contributed by atoms with E-state index in [1.807, 2.05) is 6.21 Å². The minimum absolute atomic E-state index is 1.06. The fraction of sp³-hybridized carbons (Fsp3) is 0.462. The van der Waals surface area contributed by atoms with Crippen molar-refractivity contribution < 1.29 is 4.90 Å². The van der Waals surface area contributed by atoms with Crippen LogP contribution in [0.15, 0.2) is 29.4 Å². The summed E-state index contributed by atoms with van der Waals surface area (Å²) in [6.45, 7) is 6.62. The summed E-state index contributed by atoms with van der Waals surface area (Å²) in [6.07, 6.45) is 1.98. The predicted octanol–water partition coefficient (Wildman–Crippen LogP) is 0.159. The number of hydrogen-bond donors (Lipinski definition) is 1. The van der Waals surface area contributed by atoms with Crippen molar-refractivity contribution in [3.05, 3.63) is 35.4 Å². The second kappa shape index (κ2) is 5.12. The van der Waals surface area contributed by atoms with Gasteiger partial charge in [0.15, 0.2) is 0 Å². The molecular formula is C13H20N3+. The third-order valence-corrected chi connectivity index (χ3v) is 3.14. The van der Waals surface area contributed by atoms with Crippen LogP contribution >= 0.6 is 0 Å². The summed E-state index contributed by atoms with van der Waals surface area (Å²) in [5.74, 6) is 0. The molecule has 0 spiro atoms. The predicted molar refractivity (Wildman–Crippen MR) is 67.0 cm³/mol. The first-order chi connectivity index (χ1) is 7.75. The highest BCUT2D eigenvalue weighted by molar-refractivity contribution is 5.81. The lowest BCUT2D eigenvalue weighted by molar-refractivity contribution is -0.884. The SMILES string of the molecule is Cc1ccccc1/C=N\N1CC[NH+](C)CC1. The Bertz CT molecular complexity index is 365. The third kappa shape index (κ3) is 2.83. The van der Waals surface area contributed by atoms with E-state index < -0.39 is 0 Å². The molecule has 1 fully saturated rings. The molecule has 0 bridgehead atoms. The minimum Gasteiger partial charge on any atom is -0.334 e. The number of aryl methyl sites for hydroxylation is 1. The molecule has 3 nitrogen and oxygen atoms in total. The van der Waals surface area contributed by atoms with Gasteiger partial charge in [-0.3, -0.25) is 5.01 Å². The summed E-state index contributed by atoms with van der Waals surface area (Å²) in [6, 6.07) is 8.35. The zero-order chi connectivity index (χ0) is 11.4. The van der Waals surface area contributed by atoms with Crippen LogP contribution in [0.3, 0.4) is 0 Å². The van der Waals surface area contributed by atoms with Gasteiger partial charge in [-0.05, 0) is 18.1 Å². The molecular weight excluding hydrogens is 198 g/mol. The van der Waals surface area contributed by atoms with Gasteiger partial charge in [0.05, 0.1) is 39.4 Å². The molecule has 0 saturated carbocycles. The Morgan fingerprint density at radius 1 is 1.25 bits per heavy atom. The molecule has 0 amide bonds. The number of rotatable bonds is 2. The molecule has 0 radical (unpaired) electrons. The molecule has 1 aromatic carbocycles. The van der Waals surface area contributed by atoms with Crippen molar-refractivity contribution in [1.29, 1.82) is 0 Å². The van der Waals surface area contributed by atoms with Crippen LogP contribution in [0.5, 0.6) is 0 Å². The highest BCUT2D eigenvalue weighted by atomic mass is 15.5. The van der Waals surface area contributed by atoms with Crippen LogP contribution in [0.25, 0.3) is 0 Å². The van der Waals surface area contributed by atoms with Gasteiger partial charge in [0.1, 0.15) is 0 Å². The number of piperazine rings is 1. The molecule has 86 valence electrons. The van der Waals surface area contributed by atoms with E-state index in [4.69, 9.17) is 0 Å². The van der Waals surface area contributed by atoms with Crippen LogP contribution in [-0.4, -0.2) is 44.5 Å². The summed E-state index contributed by atoms with van der Waals surface area (Å²) >= 11 is 0. The highest BCUT2D eigenvalue weighted by Crippen LogP contribution is 2.04. The first-order valence-electron chi connectivity index (χ1n) is 5.91. The summed E-state index contributed by atoms with van der Waals surface area (Å²) in [5.41, 5.74) is 2.50. The topological polar surface area (TPSA) is 20.0 Å². The quantitative estimate of drug-likeness (QED) is 0.701. The monoisotopic (exact) mass is 218 g/mol. The molecule has 1 heterocycles. The molecule has 1 aliphatic heterocycles. The van der Waals surface area contributed by atoms with Gasteiger partial charge in [-0.1, -0.05) is 24.3 Å². The van der Waals surface area contributed by atoms with Gasteiger partial charge in [-0.25, -0.2) is 0 Å². The lowest BCUT2D eigenvalue weighted by Gasteiger charge is -2.27. The van der Waals surface area contributed by atoms with Gasteiger partial charge in [-0.2, -0.15) is 5.10 Å². The van der Waals surface area contributed by atoms with E-state index in [0.29, 0.717) is 0 Å². The zero-order valence-corrected chi connectivity index (χ0v) is 10.1. The van der Waals surface area contributed by atoms with Crippen molar-refractivity contribution in [3.63, 3.8) is 0 Å². The lowest BCUT2D eigenvalue weighted by atomic mass is 10.1. The van der Waals surface area contributed by atoms with E-state index in [2.05, 4.69) is 48.3 Å². The Labute approximate surface area is 97.4 Å². The summed E-state index contributed by atoms with van der Waals surface area (Å²) in [4.78, 5) is 1.60. The van der Waals surface area contributed by atoms with E-state index in [0.717, 1.165) is 13.1 Å². The molecule has 16 heavy (non-hydrogen) atoms. The second-order valence-corrected chi connectivity index (χ2v) is 4.51. The van der Waals surface area contributed by atoms with Gasteiger partial charge in [0.25, 0.3) is 0 Å². The Hall–Kier alpha value is -1.35. The Balaban J connectivity index is 1.97. The Morgan fingerprint density at radius 2 is 1.94 bits per heavy atom. The number of hydrazone groups is 1. The van der Waals surface area contributed by atoms with Crippen molar-refractivity contribution in [2.75, 3.05) is 33.2 Å². The van der Waals surface area contributed by atoms with Gasteiger partial charge >= 0.3 is 0 Å². The van der Waals surface area contributed by atoms with Crippen molar-refractivity contribution >= 4 is 6.21 Å². The molecule has 1 saturated heterocycles. The van der Waals surface area contributed by atoms with Crippen LogP contribution in [0.1, 0.15) is 11.1 Å². The van der Waals surface area contributed by atoms with Gasteiger partial charge < -0.3 is 4.90 Å². The number of benzene rings is 1. The first-order valence-corrected chi connectivity index (χ1v) is 5.91. The van der Waals surface area contributed by atoms with E-state index in [1.165, 1.54) is 24.2 Å².